The van der Waals surface area contributed by atoms with Gasteiger partial charge in [-0.05, 0) is 38.7 Å². The average molecular weight is 434 g/mol. The molecule has 1 fully saturated rings. The molecule has 0 spiro atoms. The highest BCUT2D eigenvalue weighted by molar-refractivity contribution is 5.88. The van der Waals surface area contributed by atoms with Crippen LogP contribution in [0.4, 0.5) is 4.79 Å². The molecule has 6 heteroatoms. The Balaban J connectivity index is 2.68. The van der Waals surface area contributed by atoms with Crippen LogP contribution >= 0.6 is 0 Å². The number of hydrogen-bond acceptors (Lipinski definition) is 4. The van der Waals surface area contributed by atoms with Crippen LogP contribution in [0.3, 0.4) is 0 Å². The fraction of sp³-hybridized carbons (Fsp3) is 0.680. The van der Waals surface area contributed by atoms with Gasteiger partial charge in [0, 0.05) is 10.8 Å². The second kappa shape index (κ2) is 7.51. The van der Waals surface area contributed by atoms with Gasteiger partial charge in [-0.15, -0.1) is 0 Å². The van der Waals surface area contributed by atoms with E-state index in [1.165, 1.54) is 0 Å². The van der Waals surface area contributed by atoms with Crippen molar-refractivity contribution in [3.05, 3.63) is 35.9 Å². The first-order chi connectivity index (χ1) is 13.9. The molecule has 0 unspecified atom stereocenters. The van der Waals surface area contributed by atoms with Gasteiger partial charge < -0.3 is 19.9 Å². The van der Waals surface area contributed by atoms with Crippen LogP contribution in [0.2, 0.25) is 0 Å². The molecule has 1 aromatic rings. The van der Waals surface area contributed by atoms with E-state index in [1.807, 2.05) is 71.9 Å². The highest BCUT2D eigenvalue weighted by Gasteiger charge is 2.82. The highest BCUT2D eigenvalue weighted by atomic mass is 16.6. The third-order valence-electron chi connectivity index (χ3n) is 8.35. The number of hydrogen-bond donors (Lipinski definition) is 2. The second-order valence-electron chi connectivity index (χ2n) is 11.4. The van der Waals surface area contributed by atoms with Crippen LogP contribution < -0.4 is 5.32 Å². The van der Waals surface area contributed by atoms with Crippen LogP contribution in [0.15, 0.2) is 30.3 Å². The van der Waals surface area contributed by atoms with Gasteiger partial charge in [0.2, 0.25) is 0 Å². The smallest absolute Gasteiger partial charge is 0.408 e. The molecule has 2 rings (SSSR count). The molecule has 31 heavy (non-hydrogen) atoms. The Morgan fingerprint density at radius 3 is 1.87 bits per heavy atom. The van der Waals surface area contributed by atoms with Crippen LogP contribution in [-0.4, -0.2) is 33.9 Å². The number of rotatable bonds is 5. The summed E-state index contributed by atoms with van der Waals surface area (Å²) in [6.45, 7) is 19.2. The number of carbonyl (C=O) groups excluding carboxylic acids is 1. The fourth-order valence-electron chi connectivity index (χ4n) is 5.26. The summed E-state index contributed by atoms with van der Waals surface area (Å²) < 4.78 is 12.0. The highest BCUT2D eigenvalue weighted by Crippen LogP contribution is 2.72. The van der Waals surface area contributed by atoms with Crippen LogP contribution in [0.5, 0.6) is 0 Å². The third-order valence-corrected chi connectivity index (χ3v) is 8.35. The SMILES string of the molecule is CC(C)(C)OC(=O)N[C@@]1(C(=O)O)C(C)(C)C(C)(C)C(C)(C)[C@]1(C)OCc1ccccc1. The van der Waals surface area contributed by atoms with E-state index < -0.39 is 45.0 Å². The molecule has 2 N–H and O–H groups in total. The number of nitrogens with one attached hydrogen (secondary N) is 1. The van der Waals surface area contributed by atoms with Gasteiger partial charge in [-0.25, -0.2) is 9.59 Å². The molecule has 1 aliphatic rings. The molecule has 0 heterocycles. The zero-order valence-electron chi connectivity index (χ0n) is 20.7. The molecule has 0 radical (unpaired) electrons. The minimum Gasteiger partial charge on any atom is -0.479 e. The summed E-state index contributed by atoms with van der Waals surface area (Å²) in [5, 5.41) is 13.5. The Bertz CT molecular complexity index is 837. The minimum atomic E-state index is -1.75. The number of ether oxygens (including phenoxy) is 2. The zero-order chi connectivity index (χ0) is 24.1. The minimum absolute atomic E-state index is 0.220. The average Bonchev–Trinajstić information content (AvgIpc) is 2.68. The van der Waals surface area contributed by atoms with Crippen molar-refractivity contribution in [1.29, 1.82) is 0 Å². The van der Waals surface area contributed by atoms with Gasteiger partial charge in [0.25, 0.3) is 0 Å². The van der Waals surface area contributed by atoms with E-state index in [4.69, 9.17) is 9.47 Å². The maximum atomic E-state index is 13.1. The monoisotopic (exact) mass is 433 g/mol. The fourth-order valence-corrected chi connectivity index (χ4v) is 5.26. The summed E-state index contributed by atoms with van der Waals surface area (Å²) in [7, 11) is 0. The van der Waals surface area contributed by atoms with E-state index in [9.17, 15) is 14.7 Å². The molecule has 1 aromatic carbocycles. The summed E-state index contributed by atoms with van der Waals surface area (Å²) >= 11 is 0. The van der Waals surface area contributed by atoms with E-state index >= 15 is 0 Å². The lowest BCUT2D eigenvalue weighted by Crippen LogP contribution is -2.73. The molecule has 1 aliphatic carbocycles. The molecule has 174 valence electrons. The Labute approximate surface area is 186 Å². The number of alkyl carbamates (subject to hydrolysis) is 1. The first-order valence-electron chi connectivity index (χ1n) is 10.8. The maximum Gasteiger partial charge on any atom is 0.408 e. The Hall–Kier alpha value is -2.08. The molecule has 2 atom stereocenters. The third kappa shape index (κ3) is 3.53. The second-order valence-corrected chi connectivity index (χ2v) is 11.4. The van der Waals surface area contributed by atoms with Crippen LogP contribution in [0, 0.1) is 16.2 Å². The molecule has 1 saturated carbocycles. The van der Waals surface area contributed by atoms with Crippen LogP contribution in [-0.2, 0) is 20.9 Å². The lowest BCUT2D eigenvalue weighted by Gasteiger charge is -2.50. The lowest BCUT2D eigenvalue weighted by molar-refractivity contribution is -0.185. The first kappa shape index (κ1) is 25.2. The van der Waals surface area contributed by atoms with Crippen molar-refractivity contribution < 1.29 is 24.2 Å². The van der Waals surface area contributed by atoms with Crippen molar-refractivity contribution in [2.75, 3.05) is 0 Å². The van der Waals surface area contributed by atoms with Gasteiger partial charge in [0.1, 0.15) is 11.2 Å². The van der Waals surface area contributed by atoms with E-state index in [-0.39, 0.29) is 6.61 Å². The number of aliphatic carboxylic acids is 1. The molecule has 0 aliphatic heterocycles. The predicted molar refractivity (Wildman–Crippen MR) is 121 cm³/mol. The predicted octanol–water partition coefficient (Wildman–Crippen LogP) is 5.40. The van der Waals surface area contributed by atoms with Crippen molar-refractivity contribution in [3.63, 3.8) is 0 Å². The topological polar surface area (TPSA) is 84.9 Å². The van der Waals surface area contributed by atoms with Gasteiger partial charge in [-0.1, -0.05) is 71.9 Å². The number of carboxylic acid groups (broad SMARTS) is 1. The van der Waals surface area contributed by atoms with Crippen molar-refractivity contribution in [1.82, 2.24) is 5.32 Å². The van der Waals surface area contributed by atoms with Crippen molar-refractivity contribution in [3.8, 4) is 0 Å². The zero-order valence-corrected chi connectivity index (χ0v) is 20.7. The molecule has 6 nitrogen and oxygen atoms in total. The normalized spacial score (nSPS) is 28.7. The number of carbonyl (C=O) groups is 2. The summed E-state index contributed by atoms with van der Waals surface area (Å²) in [5.41, 5.74) is -4.89. The number of carboxylic acids is 1. The Morgan fingerprint density at radius 2 is 1.42 bits per heavy atom. The largest absolute Gasteiger partial charge is 0.479 e. The van der Waals surface area contributed by atoms with Gasteiger partial charge in [0.05, 0.1) is 6.61 Å². The molecule has 1 amide bonds. The maximum absolute atomic E-state index is 13.1. The molecular weight excluding hydrogens is 394 g/mol. The van der Waals surface area contributed by atoms with Crippen LogP contribution in [0.25, 0.3) is 0 Å². The number of amides is 1. The lowest BCUT2D eigenvalue weighted by atomic mass is 9.58. The summed E-state index contributed by atoms with van der Waals surface area (Å²) in [6, 6.07) is 9.62. The van der Waals surface area contributed by atoms with Gasteiger partial charge in [-0.3, -0.25) is 0 Å². The first-order valence-corrected chi connectivity index (χ1v) is 10.8. The van der Waals surface area contributed by atoms with E-state index in [2.05, 4.69) is 5.32 Å². The van der Waals surface area contributed by atoms with E-state index in [0.717, 1.165) is 5.56 Å². The van der Waals surface area contributed by atoms with Crippen molar-refractivity contribution in [2.45, 2.75) is 92.6 Å². The van der Waals surface area contributed by atoms with Crippen molar-refractivity contribution >= 4 is 12.1 Å². The quantitative estimate of drug-likeness (QED) is 0.649. The molecular formula is C25H39NO5. The molecule has 0 aromatic heterocycles. The number of benzene rings is 1. The van der Waals surface area contributed by atoms with Crippen molar-refractivity contribution in [2.24, 2.45) is 16.2 Å². The summed E-state index contributed by atoms with van der Waals surface area (Å²) in [5.74, 6) is -1.14. The van der Waals surface area contributed by atoms with E-state index in [1.54, 1.807) is 27.7 Å². The Morgan fingerprint density at radius 1 is 0.903 bits per heavy atom. The molecule has 0 saturated heterocycles. The van der Waals surface area contributed by atoms with E-state index in [0.29, 0.717) is 0 Å². The van der Waals surface area contributed by atoms with Crippen LogP contribution in [0.1, 0.15) is 74.8 Å². The van der Waals surface area contributed by atoms with Gasteiger partial charge in [-0.2, -0.15) is 0 Å². The summed E-state index contributed by atoms with van der Waals surface area (Å²) in [4.78, 5) is 26.0. The Kier molecular flexibility index (Phi) is 6.10. The van der Waals surface area contributed by atoms with Gasteiger partial charge in [0.15, 0.2) is 5.54 Å². The molecule has 0 bridgehead atoms. The standard InChI is InChI=1S/C25H39NO5/c1-20(2,3)31-19(29)26-25(18(27)28)23(8,9)21(4,5)22(6,7)24(25,10)30-16-17-14-12-11-13-15-17/h11-15H,16H2,1-10H3,(H,26,29)(H,27,28)/t24-,25-/m0/s1. The summed E-state index contributed by atoms with van der Waals surface area (Å²) in [6.07, 6.45) is -0.772. The van der Waals surface area contributed by atoms with Gasteiger partial charge >= 0.3 is 12.1 Å².